The molecule has 1 fully saturated rings. The topological polar surface area (TPSA) is 54.2 Å². The quantitative estimate of drug-likeness (QED) is 0.792. The van der Waals surface area contributed by atoms with E-state index in [-0.39, 0.29) is 11.9 Å². The molecule has 6 heteroatoms. The number of aromatic nitrogens is 2. The first kappa shape index (κ1) is 15.9. The first-order valence-corrected chi connectivity index (χ1v) is 8.34. The van der Waals surface area contributed by atoms with Crippen LogP contribution in [0.1, 0.15) is 17.3 Å². The predicted molar refractivity (Wildman–Crippen MR) is 92.2 cm³/mol. The van der Waals surface area contributed by atoms with Gasteiger partial charge in [0.2, 0.25) is 5.89 Å². The van der Waals surface area contributed by atoms with Gasteiger partial charge in [-0.1, -0.05) is 12.1 Å². The van der Waals surface area contributed by atoms with E-state index in [1.807, 2.05) is 12.3 Å². The fourth-order valence-electron chi connectivity index (χ4n) is 3.18. The minimum absolute atomic E-state index is 0.247. The maximum absolute atomic E-state index is 13.4. The van der Waals surface area contributed by atoms with E-state index in [2.05, 4.69) is 26.3 Å². The second-order valence-corrected chi connectivity index (χ2v) is 6.13. The van der Waals surface area contributed by atoms with Crippen molar-refractivity contribution in [3.05, 3.63) is 72.1 Å². The van der Waals surface area contributed by atoms with Gasteiger partial charge in [-0.25, -0.2) is 9.37 Å². The molecule has 3 aromatic rings. The Morgan fingerprint density at radius 2 is 2.24 bits per heavy atom. The first-order valence-electron chi connectivity index (χ1n) is 8.34. The number of benzene rings is 1. The second-order valence-electron chi connectivity index (χ2n) is 6.13. The highest BCUT2D eigenvalue weighted by molar-refractivity contribution is 5.52. The van der Waals surface area contributed by atoms with Crippen LogP contribution in [0.3, 0.4) is 0 Å². The molecule has 1 unspecified atom stereocenters. The average molecular weight is 338 g/mol. The van der Waals surface area contributed by atoms with Crippen LogP contribution in [0.2, 0.25) is 0 Å². The summed E-state index contributed by atoms with van der Waals surface area (Å²) < 4.78 is 18.9. The Morgan fingerprint density at radius 3 is 3.08 bits per heavy atom. The third kappa shape index (κ3) is 3.60. The molecular formula is C19H19FN4O. The Bertz CT molecular complexity index is 836. The molecule has 5 nitrogen and oxygen atoms in total. The van der Waals surface area contributed by atoms with Crippen LogP contribution in [-0.2, 0) is 6.54 Å². The molecule has 0 saturated carbocycles. The van der Waals surface area contributed by atoms with E-state index >= 15 is 0 Å². The molecule has 128 valence electrons. The lowest BCUT2D eigenvalue weighted by molar-refractivity contribution is 0.151. The molecular weight excluding hydrogens is 319 g/mol. The van der Waals surface area contributed by atoms with Gasteiger partial charge >= 0.3 is 0 Å². The van der Waals surface area contributed by atoms with Crippen molar-refractivity contribution in [1.29, 1.82) is 0 Å². The Labute approximate surface area is 145 Å². The summed E-state index contributed by atoms with van der Waals surface area (Å²) in [5.41, 5.74) is 2.67. The van der Waals surface area contributed by atoms with Gasteiger partial charge in [-0.15, -0.1) is 0 Å². The van der Waals surface area contributed by atoms with Crippen molar-refractivity contribution in [2.24, 2.45) is 0 Å². The summed E-state index contributed by atoms with van der Waals surface area (Å²) in [4.78, 5) is 11.1. The molecule has 1 saturated heterocycles. The zero-order valence-electron chi connectivity index (χ0n) is 13.7. The Kier molecular flexibility index (Phi) is 4.54. The van der Waals surface area contributed by atoms with Gasteiger partial charge in [0.05, 0.1) is 5.69 Å². The molecule has 0 spiro atoms. The summed E-state index contributed by atoms with van der Waals surface area (Å²) in [6.45, 7) is 3.41. The molecule has 1 aliphatic heterocycles. The number of piperazine rings is 1. The van der Waals surface area contributed by atoms with Crippen LogP contribution < -0.4 is 5.32 Å². The highest BCUT2D eigenvalue weighted by atomic mass is 19.1. The normalized spacial score (nSPS) is 18.4. The van der Waals surface area contributed by atoms with E-state index in [4.69, 9.17) is 4.42 Å². The van der Waals surface area contributed by atoms with Gasteiger partial charge in [0, 0.05) is 50.2 Å². The summed E-state index contributed by atoms with van der Waals surface area (Å²) in [5.74, 6) is 0.151. The molecule has 1 N–H and O–H groups in total. The molecule has 1 atom stereocenters. The van der Waals surface area contributed by atoms with Gasteiger partial charge in [0.15, 0.2) is 0 Å². The zero-order chi connectivity index (χ0) is 17.1. The van der Waals surface area contributed by atoms with E-state index in [0.29, 0.717) is 18.0 Å². The molecule has 0 radical (unpaired) electrons. The van der Waals surface area contributed by atoms with E-state index in [0.717, 1.165) is 25.3 Å². The lowest BCUT2D eigenvalue weighted by Crippen LogP contribution is -2.45. The van der Waals surface area contributed by atoms with Crippen LogP contribution in [0.25, 0.3) is 11.5 Å². The predicted octanol–water partition coefficient (Wildman–Crippen LogP) is 3.02. The van der Waals surface area contributed by atoms with Gasteiger partial charge in [-0.2, -0.15) is 0 Å². The maximum atomic E-state index is 13.4. The number of nitrogens with one attached hydrogen (secondary N) is 1. The van der Waals surface area contributed by atoms with E-state index < -0.39 is 0 Å². The van der Waals surface area contributed by atoms with Crippen molar-refractivity contribution < 1.29 is 8.81 Å². The molecule has 1 aromatic carbocycles. The lowest BCUT2D eigenvalue weighted by atomic mass is 10.1. The van der Waals surface area contributed by atoms with Crippen LogP contribution >= 0.6 is 0 Å². The zero-order valence-corrected chi connectivity index (χ0v) is 13.7. The van der Waals surface area contributed by atoms with Gasteiger partial charge in [-0.3, -0.25) is 9.88 Å². The molecule has 25 heavy (non-hydrogen) atoms. The number of halogens is 1. The number of hydrogen-bond donors (Lipinski definition) is 1. The summed E-state index contributed by atoms with van der Waals surface area (Å²) in [6.07, 6.45) is 5.35. The number of nitrogens with zero attached hydrogens (tertiary/aromatic N) is 3. The van der Waals surface area contributed by atoms with Crippen LogP contribution in [-0.4, -0.2) is 34.5 Å². The summed E-state index contributed by atoms with van der Waals surface area (Å²) >= 11 is 0. The SMILES string of the molecule is Fc1cccc(-c2nc(CN3CCNCC3c3cccnc3)co2)c1. The van der Waals surface area contributed by atoms with Crippen molar-refractivity contribution in [3.63, 3.8) is 0 Å². The van der Waals surface area contributed by atoms with E-state index in [1.54, 1.807) is 24.6 Å². The number of hydrogen-bond acceptors (Lipinski definition) is 5. The third-order valence-corrected chi connectivity index (χ3v) is 4.41. The Hall–Kier alpha value is -2.57. The van der Waals surface area contributed by atoms with Crippen molar-refractivity contribution in [2.45, 2.75) is 12.6 Å². The van der Waals surface area contributed by atoms with Gasteiger partial charge < -0.3 is 9.73 Å². The van der Waals surface area contributed by atoms with Crippen molar-refractivity contribution >= 4 is 0 Å². The third-order valence-electron chi connectivity index (χ3n) is 4.41. The first-order chi connectivity index (χ1) is 12.3. The van der Waals surface area contributed by atoms with Crippen LogP contribution in [0.4, 0.5) is 4.39 Å². The van der Waals surface area contributed by atoms with Crippen LogP contribution in [0.5, 0.6) is 0 Å². The average Bonchev–Trinajstić information content (AvgIpc) is 3.12. The largest absolute Gasteiger partial charge is 0.444 e. The molecule has 2 aromatic heterocycles. The van der Waals surface area contributed by atoms with Crippen molar-refractivity contribution in [1.82, 2.24) is 20.2 Å². The minimum Gasteiger partial charge on any atom is -0.444 e. The number of pyridine rings is 1. The molecule has 0 bridgehead atoms. The Morgan fingerprint density at radius 1 is 1.28 bits per heavy atom. The van der Waals surface area contributed by atoms with Gasteiger partial charge in [0.25, 0.3) is 0 Å². The maximum Gasteiger partial charge on any atom is 0.226 e. The minimum atomic E-state index is -0.295. The number of oxazole rings is 1. The van der Waals surface area contributed by atoms with E-state index in [9.17, 15) is 4.39 Å². The van der Waals surface area contributed by atoms with Crippen LogP contribution in [0, 0.1) is 5.82 Å². The van der Waals surface area contributed by atoms with Gasteiger partial charge in [-0.05, 0) is 29.8 Å². The second kappa shape index (κ2) is 7.13. The highest BCUT2D eigenvalue weighted by Crippen LogP contribution is 2.25. The standard InChI is InChI=1S/C19H19FN4O/c20-16-5-1-3-14(9-16)19-23-17(13-25-19)12-24-8-7-22-11-18(24)15-4-2-6-21-10-15/h1-6,9-10,13,18,22H,7-8,11-12H2. The highest BCUT2D eigenvalue weighted by Gasteiger charge is 2.25. The molecule has 4 rings (SSSR count). The fourth-order valence-corrected chi connectivity index (χ4v) is 3.18. The molecule has 3 heterocycles. The summed E-state index contributed by atoms with van der Waals surface area (Å²) in [6, 6.07) is 10.6. The Balaban J connectivity index is 1.53. The van der Waals surface area contributed by atoms with Crippen molar-refractivity contribution in [3.8, 4) is 11.5 Å². The molecule has 0 aliphatic carbocycles. The molecule has 1 aliphatic rings. The fraction of sp³-hybridized carbons (Fsp3) is 0.263. The molecule has 0 amide bonds. The number of rotatable bonds is 4. The van der Waals surface area contributed by atoms with E-state index in [1.165, 1.54) is 17.7 Å². The smallest absolute Gasteiger partial charge is 0.226 e. The summed E-state index contributed by atoms with van der Waals surface area (Å²) in [7, 11) is 0. The summed E-state index contributed by atoms with van der Waals surface area (Å²) in [5, 5.41) is 3.43. The monoisotopic (exact) mass is 338 g/mol. The van der Waals surface area contributed by atoms with Crippen molar-refractivity contribution in [2.75, 3.05) is 19.6 Å². The van der Waals surface area contributed by atoms with Crippen LogP contribution in [0.15, 0.2) is 59.5 Å². The lowest BCUT2D eigenvalue weighted by Gasteiger charge is -2.35. The van der Waals surface area contributed by atoms with Gasteiger partial charge in [0.1, 0.15) is 12.1 Å².